The van der Waals surface area contributed by atoms with Crippen molar-refractivity contribution in [3.05, 3.63) is 77.2 Å². The van der Waals surface area contributed by atoms with Crippen molar-refractivity contribution in [2.75, 3.05) is 0 Å². The minimum absolute atomic E-state index is 0.179. The first kappa shape index (κ1) is 13.6. The van der Waals surface area contributed by atoms with E-state index in [9.17, 15) is 9.18 Å². The van der Waals surface area contributed by atoms with Crippen molar-refractivity contribution in [3.8, 4) is 0 Å². The summed E-state index contributed by atoms with van der Waals surface area (Å²) in [7, 11) is 0. The number of halogens is 1. The number of pyridine rings is 1. The quantitative estimate of drug-likeness (QED) is 0.883. The molecule has 0 fully saturated rings. The Kier molecular flexibility index (Phi) is 3.83. The van der Waals surface area contributed by atoms with Crippen LogP contribution in [0.2, 0.25) is 0 Å². The second-order valence-electron chi connectivity index (χ2n) is 4.37. The number of rotatable bonds is 3. The molecule has 0 unspecified atom stereocenters. The number of amides is 1. The molecule has 0 radical (unpaired) electrons. The third-order valence-corrected chi connectivity index (χ3v) is 3.75. The van der Waals surface area contributed by atoms with Gasteiger partial charge in [0, 0.05) is 23.3 Å². The lowest BCUT2D eigenvalue weighted by molar-refractivity contribution is -0.115. The Bertz CT molecular complexity index is 724. The summed E-state index contributed by atoms with van der Waals surface area (Å²) in [6.07, 6.45) is 3.23. The Labute approximate surface area is 125 Å². The number of nitrogens with one attached hydrogen (secondary N) is 1. The molecule has 1 amide bonds. The van der Waals surface area contributed by atoms with Crippen LogP contribution in [0.1, 0.15) is 5.56 Å². The van der Waals surface area contributed by atoms with E-state index in [1.807, 2.05) is 23.6 Å². The van der Waals surface area contributed by atoms with E-state index in [1.54, 1.807) is 18.3 Å². The van der Waals surface area contributed by atoms with Gasteiger partial charge in [-0.15, -0.1) is 0 Å². The van der Waals surface area contributed by atoms with Crippen LogP contribution in [-0.4, -0.2) is 10.9 Å². The minimum Gasteiger partial charge on any atom is -0.321 e. The molecule has 0 saturated carbocycles. The zero-order valence-electron chi connectivity index (χ0n) is 10.9. The van der Waals surface area contributed by atoms with Crippen LogP contribution in [0.25, 0.3) is 5.57 Å². The van der Waals surface area contributed by atoms with Gasteiger partial charge >= 0.3 is 0 Å². The fourth-order valence-electron chi connectivity index (χ4n) is 1.94. The van der Waals surface area contributed by atoms with Gasteiger partial charge < -0.3 is 5.32 Å². The minimum atomic E-state index is -0.301. The normalized spacial score (nSPS) is 16.0. The molecule has 0 spiro atoms. The molecule has 0 aliphatic carbocycles. The average molecular weight is 298 g/mol. The number of aromatic nitrogens is 1. The second kappa shape index (κ2) is 5.93. The van der Waals surface area contributed by atoms with Gasteiger partial charge in [0.25, 0.3) is 0 Å². The maximum Gasteiger partial charge on any atom is 0.249 e. The number of allylic oxidation sites excluding steroid dienone is 1. The van der Waals surface area contributed by atoms with E-state index in [0.717, 1.165) is 16.2 Å². The maximum atomic E-state index is 13.0. The predicted molar refractivity (Wildman–Crippen MR) is 80.7 cm³/mol. The van der Waals surface area contributed by atoms with Crippen LogP contribution in [0.5, 0.6) is 0 Å². The highest BCUT2D eigenvalue weighted by molar-refractivity contribution is 8.02. The first-order valence-corrected chi connectivity index (χ1v) is 7.17. The average Bonchev–Trinajstić information content (AvgIpc) is 2.88. The molecule has 104 valence electrons. The summed E-state index contributed by atoms with van der Waals surface area (Å²) in [5.41, 5.74) is 2.24. The topological polar surface area (TPSA) is 42.0 Å². The first-order valence-electron chi connectivity index (χ1n) is 6.29. The molecule has 0 atom stereocenters. The number of hydrogen-bond donors (Lipinski definition) is 1. The van der Waals surface area contributed by atoms with Crippen LogP contribution in [0.4, 0.5) is 4.39 Å². The number of thioether (sulfide) groups is 1. The van der Waals surface area contributed by atoms with Gasteiger partial charge in [0.1, 0.15) is 10.8 Å². The van der Waals surface area contributed by atoms with E-state index in [1.165, 1.54) is 30.0 Å². The lowest BCUT2D eigenvalue weighted by atomic mass is 10.1. The van der Waals surface area contributed by atoms with Gasteiger partial charge in [-0.25, -0.2) is 9.37 Å². The van der Waals surface area contributed by atoms with Crippen molar-refractivity contribution in [1.29, 1.82) is 0 Å². The number of benzene rings is 1. The number of carbonyl (C=O) groups excluding carboxylic acids is 1. The summed E-state index contributed by atoms with van der Waals surface area (Å²) in [6, 6.07) is 11.7. The van der Waals surface area contributed by atoms with Crippen molar-refractivity contribution in [1.82, 2.24) is 10.3 Å². The molecular formula is C16H11FN2OS. The molecule has 1 aromatic carbocycles. The third-order valence-electron chi connectivity index (χ3n) is 2.91. The van der Waals surface area contributed by atoms with Crippen molar-refractivity contribution >= 4 is 23.2 Å². The van der Waals surface area contributed by atoms with Crippen LogP contribution in [0, 0.1) is 5.82 Å². The van der Waals surface area contributed by atoms with Gasteiger partial charge in [0.2, 0.25) is 5.91 Å². The number of carbonyl (C=O) groups is 1. The Balaban J connectivity index is 1.86. The summed E-state index contributed by atoms with van der Waals surface area (Å²) in [5, 5.41) is 5.45. The van der Waals surface area contributed by atoms with Gasteiger partial charge in [-0.3, -0.25) is 4.79 Å². The lowest BCUT2D eigenvalue weighted by Crippen LogP contribution is -2.13. The molecule has 1 aromatic heterocycles. The molecule has 21 heavy (non-hydrogen) atoms. The van der Waals surface area contributed by atoms with Crippen molar-refractivity contribution < 1.29 is 9.18 Å². The van der Waals surface area contributed by atoms with Crippen molar-refractivity contribution in [2.24, 2.45) is 0 Å². The van der Waals surface area contributed by atoms with E-state index in [2.05, 4.69) is 10.3 Å². The monoisotopic (exact) mass is 298 g/mol. The smallest absolute Gasteiger partial charge is 0.249 e. The fraction of sp³-hybridized carbons (Fsp3) is 0. The molecule has 3 rings (SSSR count). The van der Waals surface area contributed by atoms with Gasteiger partial charge in [0.15, 0.2) is 0 Å². The Morgan fingerprint density at radius 1 is 1.14 bits per heavy atom. The molecule has 3 nitrogen and oxygen atoms in total. The molecule has 5 heteroatoms. The molecule has 0 saturated heterocycles. The van der Waals surface area contributed by atoms with Crippen molar-refractivity contribution in [2.45, 2.75) is 5.03 Å². The van der Waals surface area contributed by atoms with E-state index in [4.69, 9.17) is 0 Å². The van der Waals surface area contributed by atoms with Crippen LogP contribution in [0.3, 0.4) is 0 Å². The van der Waals surface area contributed by atoms with Crippen LogP contribution >= 0.6 is 11.8 Å². The summed E-state index contributed by atoms with van der Waals surface area (Å²) in [6.45, 7) is 0. The Morgan fingerprint density at radius 3 is 2.67 bits per heavy atom. The van der Waals surface area contributed by atoms with E-state index in [0.29, 0.717) is 5.70 Å². The van der Waals surface area contributed by atoms with Gasteiger partial charge in [-0.2, -0.15) is 0 Å². The number of hydrogen-bond acceptors (Lipinski definition) is 3. The second-order valence-corrected chi connectivity index (χ2v) is 5.26. The summed E-state index contributed by atoms with van der Waals surface area (Å²) in [5.74, 6) is -0.479. The molecule has 2 heterocycles. The van der Waals surface area contributed by atoms with E-state index in [-0.39, 0.29) is 11.7 Å². The van der Waals surface area contributed by atoms with Gasteiger partial charge in [-0.05, 0) is 29.8 Å². The first-order chi connectivity index (χ1) is 10.2. The van der Waals surface area contributed by atoms with Crippen LogP contribution in [0.15, 0.2) is 70.9 Å². The highest BCUT2D eigenvalue weighted by atomic mass is 32.2. The largest absolute Gasteiger partial charge is 0.321 e. The van der Waals surface area contributed by atoms with E-state index < -0.39 is 0 Å². The zero-order chi connectivity index (χ0) is 14.7. The van der Waals surface area contributed by atoms with E-state index >= 15 is 0 Å². The number of nitrogens with zero attached hydrogens (tertiary/aromatic N) is 1. The van der Waals surface area contributed by atoms with Crippen LogP contribution in [-0.2, 0) is 4.79 Å². The summed E-state index contributed by atoms with van der Waals surface area (Å²) in [4.78, 5) is 15.8. The van der Waals surface area contributed by atoms with Gasteiger partial charge in [0.05, 0.1) is 5.70 Å². The molecule has 1 aliphatic heterocycles. The highest BCUT2D eigenvalue weighted by Gasteiger charge is 2.18. The molecule has 1 aliphatic rings. The zero-order valence-corrected chi connectivity index (χ0v) is 11.7. The van der Waals surface area contributed by atoms with Crippen LogP contribution < -0.4 is 5.32 Å². The molecule has 2 aromatic rings. The molecule has 1 N–H and O–H groups in total. The predicted octanol–water partition coefficient (Wildman–Crippen LogP) is 3.37. The molecule has 0 bridgehead atoms. The Morgan fingerprint density at radius 2 is 1.95 bits per heavy atom. The van der Waals surface area contributed by atoms with Gasteiger partial charge in [-0.1, -0.05) is 30.0 Å². The van der Waals surface area contributed by atoms with Crippen molar-refractivity contribution in [3.63, 3.8) is 0 Å². The lowest BCUT2D eigenvalue weighted by Gasteiger charge is -2.06. The third kappa shape index (κ3) is 3.20. The highest BCUT2D eigenvalue weighted by Crippen LogP contribution is 2.29. The summed E-state index contributed by atoms with van der Waals surface area (Å²) < 4.78 is 13.0. The summed E-state index contributed by atoms with van der Waals surface area (Å²) >= 11 is 1.42. The SMILES string of the molecule is O=C1C=C(c2ccc(F)cc2)/C(=C/Sc2ccccn2)N1. The Hall–Kier alpha value is -2.40. The molecular weight excluding hydrogens is 287 g/mol. The maximum absolute atomic E-state index is 13.0. The fourth-order valence-corrected chi connectivity index (χ4v) is 2.65. The standard InChI is InChI=1S/C16H11FN2OS/c17-12-6-4-11(5-7-12)13-9-15(20)19-14(13)10-21-16-3-1-2-8-18-16/h1-10H,(H,19,20)/b14-10-.